The fraction of sp³-hybridized carbons (Fsp3) is 0.500. The molecular weight excluding hydrogens is 308 g/mol. The van der Waals surface area contributed by atoms with E-state index < -0.39 is 0 Å². The number of methoxy groups -OCH3 is 1. The summed E-state index contributed by atoms with van der Waals surface area (Å²) in [5, 5.41) is 6.13. The van der Waals surface area contributed by atoms with Crippen LogP contribution in [0.25, 0.3) is 0 Å². The van der Waals surface area contributed by atoms with E-state index in [-0.39, 0.29) is 5.91 Å². The topological polar surface area (TPSA) is 50.4 Å². The molecule has 0 aliphatic rings. The number of hydrogen-bond acceptors (Lipinski definition) is 3. The Morgan fingerprint density at radius 2 is 2.16 bits per heavy atom. The Morgan fingerprint density at radius 3 is 2.84 bits per heavy atom. The molecule has 0 spiro atoms. The third-order valence-electron chi connectivity index (χ3n) is 2.70. The van der Waals surface area contributed by atoms with E-state index in [1.54, 1.807) is 7.11 Å². The molecule has 0 fully saturated rings. The van der Waals surface area contributed by atoms with Crippen LogP contribution in [0.3, 0.4) is 0 Å². The van der Waals surface area contributed by atoms with E-state index in [9.17, 15) is 4.79 Å². The van der Waals surface area contributed by atoms with Crippen molar-refractivity contribution in [3.8, 4) is 0 Å². The van der Waals surface area contributed by atoms with Crippen molar-refractivity contribution in [3.63, 3.8) is 0 Å². The molecule has 1 aromatic rings. The summed E-state index contributed by atoms with van der Waals surface area (Å²) >= 11 is 3.43. The monoisotopic (exact) mass is 328 g/mol. The normalized spacial score (nSPS) is 10.3. The summed E-state index contributed by atoms with van der Waals surface area (Å²) < 4.78 is 5.98. The third kappa shape index (κ3) is 6.59. The van der Waals surface area contributed by atoms with Gasteiger partial charge in [-0.25, -0.2) is 0 Å². The molecule has 0 aromatic heterocycles. The molecule has 0 heterocycles. The first-order valence-electron chi connectivity index (χ1n) is 6.39. The second-order valence-corrected chi connectivity index (χ2v) is 5.25. The second kappa shape index (κ2) is 8.93. The Morgan fingerprint density at radius 1 is 1.37 bits per heavy atom. The molecular formula is C14H21BrN2O2. The van der Waals surface area contributed by atoms with Gasteiger partial charge in [0.15, 0.2) is 0 Å². The molecule has 19 heavy (non-hydrogen) atoms. The molecule has 0 saturated carbocycles. The van der Waals surface area contributed by atoms with Crippen LogP contribution in [0.15, 0.2) is 22.7 Å². The summed E-state index contributed by atoms with van der Waals surface area (Å²) in [5.41, 5.74) is 2.23. The Kier molecular flexibility index (Phi) is 7.52. The number of aryl methyl sites for hydroxylation is 1. The number of anilines is 1. The molecule has 1 aromatic carbocycles. The van der Waals surface area contributed by atoms with Gasteiger partial charge in [0.25, 0.3) is 0 Å². The summed E-state index contributed by atoms with van der Waals surface area (Å²) in [4.78, 5) is 11.5. The van der Waals surface area contributed by atoms with Crippen molar-refractivity contribution in [1.29, 1.82) is 0 Å². The summed E-state index contributed by atoms with van der Waals surface area (Å²) in [5.74, 6) is 0.0679. The lowest BCUT2D eigenvalue weighted by Gasteiger charge is -2.10. The van der Waals surface area contributed by atoms with Gasteiger partial charge in [0.1, 0.15) is 0 Å². The molecule has 2 N–H and O–H groups in total. The first-order chi connectivity index (χ1) is 9.13. The molecule has 0 bridgehead atoms. The number of carbonyl (C=O) groups excluding carboxylic acids is 1. The third-order valence-corrected chi connectivity index (χ3v) is 3.20. The highest BCUT2D eigenvalue weighted by molar-refractivity contribution is 9.10. The number of halogens is 1. The number of amides is 1. The Labute approximate surface area is 123 Å². The first kappa shape index (κ1) is 16.0. The Hall–Kier alpha value is -1.07. The minimum Gasteiger partial charge on any atom is -0.385 e. The molecule has 1 amide bonds. The van der Waals surface area contributed by atoms with Crippen molar-refractivity contribution in [2.75, 3.05) is 32.1 Å². The molecule has 0 aliphatic heterocycles. The molecule has 1 rings (SSSR count). The van der Waals surface area contributed by atoms with Crippen LogP contribution in [0.2, 0.25) is 0 Å². The lowest BCUT2D eigenvalue weighted by molar-refractivity contribution is -0.120. The second-order valence-electron chi connectivity index (χ2n) is 4.33. The molecule has 106 valence electrons. The van der Waals surface area contributed by atoms with Crippen LogP contribution in [0.4, 0.5) is 5.69 Å². The maximum absolute atomic E-state index is 11.5. The number of nitrogens with one attached hydrogen (secondary N) is 2. The predicted octanol–water partition coefficient (Wildman–Crippen LogP) is 2.71. The zero-order valence-corrected chi connectivity index (χ0v) is 13.0. The van der Waals surface area contributed by atoms with Crippen molar-refractivity contribution in [3.05, 3.63) is 28.2 Å². The van der Waals surface area contributed by atoms with Crippen molar-refractivity contribution >= 4 is 27.5 Å². The lowest BCUT2D eigenvalue weighted by Crippen LogP contribution is -2.26. The van der Waals surface area contributed by atoms with Gasteiger partial charge < -0.3 is 15.4 Å². The minimum atomic E-state index is 0.0679. The average molecular weight is 329 g/mol. The van der Waals surface area contributed by atoms with Crippen molar-refractivity contribution < 1.29 is 9.53 Å². The van der Waals surface area contributed by atoms with Gasteiger partial charge in [0.2, 0.25) is 5.91 Å². The number of carbonyl (C=O) groups is 1. The standard InChI is InChI=1S/C14H21BrN2O2/c1-11-10-12(15)4-5-13(11)16-8-6-14(18)17-7-3-9-19-2/h4-5,10,16H,3,6-9H2,1-2H3,(H,17,18). The van der Waals surface area contributed by atoms with Gasteiger partial charge in [-0.15, -0.1) is 0 Å². The summed E-state index contributed by atoms with van der Waals surface area (Å²) in [6, 6.07) is 6.04. The SMILES string of the molecule is COCCCNC(=O)CCNc1ccc(Br)cc1C. The van der Waals surface area contributed by atoms with E-state index in [1.165, 1.54) is 0 Å². The van der Waals surface area contributed by atoms with Gasteiger partial charge in [-0.3, -0.25) is 4.79 Å². The van der Waals surface area contributed by atoms with E-state index in [0.29, 0.717) is 26.1 Å². The van der Waals surface area contributed by atoms with Gasteiger partial charge in [0.05, 0.1) is 0 Å². The molecule has 0 saturated heterocycles. The number of rotatable bonds is 8. The molecule has 0 unspecified atom stereocenters. The van der Waals surface area contributed by atoms with Crippen LogP contribution in [-0.2, 0) is 9.53 Å². The van der Waals surface area contributed by atoms with Crippen molar-refractivity contribution in [1.82, 2.24) is 5.32 Å². The highest BCUT2D eigenvalue weighted by atomic mass is 79.9. The lowest BCUT2D eigenvalue weighted by atomic mass is 10.2. The highest BCUT2D eigenvalue weighted by Gasteiger charge is 2.02. The van der Waals surface area contributed by atoms with Crippen LogP contribution in [-0.4, -0.2) is 32.7 Å². The molecule has 0 radical (unpaired) electrons. The van der Waals surface area contributed by atoms with E-state index in [2.05, 4.69) is 26.6 Å². The zero-order valence-electron chi connectivity index (χ0n) is 11.5. The van der Waals surface area contributed by atoms with Crippen LogP contribution >= 0.6 is 15.9 Å². The van der Waals surface area contributed by atoms with Crippen LogP contribution in [0, 0.1) is 6.92 Å². The molecule has 0 atom stereocenters. The van der Waals surface area contributed by atoms with Gasteiger partial charge in [0, 0.05) is 43.4 Å². The van der Waals surface area contributed by atoms with Crippen molar-refractivity contribution in [2.24, 2.45) is 0 Å². The Balaban J connectivity index is 2.20. The zero-order chi connectivity index (χ0) is 14.1. The molecule has 5 heteroatoms. The number of ether oxygens (including phenoxy) is 1. The molecule has 0 aliphatic carbocycles. The molecule has 4 nitrogen and oxygen atoms in total. The van der Waals surface area contributed by atoms with Crippen LogP contribution < -0.4 is 10.6 Å². The van der Waals surface area contributed by atoms with Crippen molar-refractivity contribution in [2.45, 2.75) is 19.8 Å². The maximum atomic E-state index is 11.5. The van der Waals surface area contributed by atoms with E-state index in [4.69, 9.17) is 4.74 Å². The van der Waals surface area contributed by atoms with Gasteiger partial charge in [-0.1, -0.05) is 15.9 Å². The summed E-state index contributed by atoms with van der Waals surface area (Å²) in [7, 11) is 1.66. The Bertz CT molecular complexity index is 410. The summed E-state index contributed by atoms with van der Waals surface area (Å²) in [6.45, 7) is 4.02. The fourth-order valence-electron chi connectivity index (χ4n) is 1.67. The van der Waals surface area contributed by atoms with Crippen LogP contribution in [0.5, 0.6) is 0 Å². The summed E-state index contributed by atoms with van der Waals surface area (Å²) in [6.07, 6.45) is 1.32. The van der Waals surface area contributed by atoms with E-state index in [0.717, 1.165) is 22.1 Å². The van der Waals surface area contributed by atoms with Gasteiger partial charge in [-0.05, 0) is 37.1 Å². The highest BCUT2D eigenvalue weighted by Crippen LogP contribution is 2.19. The van der Waals surface area contributed by atoms with Crippen LogP contribution in [0.1, 0.15) is 18.4 Å². The fourth-order valence-corrected chi connectivity index (χ4v) is 2.14. The number of hydrogen-bond donors (Lipinski definition) is 2. The predicted molar refractivity (Wildman–Crippen MR) is 81.5 cm³/mol. The minimum absolute atomic E-state index is 0.0679. The van der Waals surface area contributed by atoms with E-state index in [1.807, 2.05) is 25.1 Å². The first-order valence-corrected chi connectivity index (χ1v) is 7.18. The largest absolute Gasteiger partial charge is 0.385 e. The number of benzene rings is 1. The van der Waals surface area contributed by atoms with Gasteiger partial charge in [-0.2, -0.15) is 0 Å². The van der Waals surface area contributed by atoms with Gasteiger partial charge >= 0.3 is 0 Å². The van der Waals surface area contributed by atoms with E-state index >= 15 is 0 Å². The average Bonchev–Trinajstić information content (AvgIpc) is 2.37. The quantitative estimate of drug-likeness (QED) is 0.721. The maximum Gasteiger partial charge on any atom is 0.221 e. The smallest absolute Gasteiger partial charge is 0.221 e.